The molecule has 4 rings (SSSR count). The molecule has 0 atom stereocenters. The molecule has 3 N–H and O–H groups in total. The van der Waals surface area contributed by atoms with Gasteiger partial charge in [0.25, 0.3) is 5.91 Å². The number of methoxy groups -OCH3 is 1. The zero-order valence-electron chi connectivity index (χ0n) is 23.3. The number of aryl methyl sites for hydroxylation is 1. The Morgan fingerprint density at radius 3 is 2.67 bits per heavy atom. The minimum absolute atomic E-state index is 0.00584. The van der Waals surface area contributed by atoms with E-state index in [0.717, 1.165) is 5.52 Å². The van der Waals surface area contributed by atoms with Gasteiger partial charge in [0.05, 0.1) is 43.3 Å². The highest BCUT2D eigenvalue weighted by molar-refractivity contribution is 6.07. The van der Waals surface area contributed by atoms with Gasteiger partial charge in [0.1, 0.15) is 23.3 Å². The average molecular weight is 576 g/mol. The Balaban J connectivity index is 1.55. The normalized spacial score (nSPS) is 11.3. The van der Waals surface area contributed by atoms with E-state index in [2.05, 4.69) is 20.3 Å². The number of hydrogen-bond acceptors (Lipinski definition) is 8. The number of hydrogen-bond donors (Lipinski definition) is 2. The van der Waals surface area contributed by atoms with Crippen LogP contribution in [0.15, 0.2) is 65.8 Å². The molecule has 4 aromatic rings. The fourth-order valence-corrected chi connectivity index (χ4v) is 4.16. The van der Waals surface area contributed by atoms with Crippen LogP contribution in [0.25, 0.3) is 11.0 Å². The van der Waals surface area contributed by atoms with Gasteiger partial charge in [-0.15, -0.1) is 0 Å². The molecule has 0 aliphatic heterocycles. The number of anilines is 2. The number of esters is 1. The van der Waals surface area contributed by atoms with Crippen LogP contribution < -0.4 is 16.0 Å². The number of rotatable bonds is 10. The van der Waals surface area contributed by atoms with Crippen molar-refractivity contribution in [1.29, 1.82) is 0 Å². The van der Waals surface area contributed by atoms with E-state index < -0.39 is 17.9 Å². The van der Waals surface area contributed by atoms with Crippen LogP contribution in [0.3, 0.4) is 0 Å². The first kappa shape index (κ1) is 29.6. The van der Waals surface area contributed by atoms with Crippen molar-refractivity contribution in [3.05, 3.63) is 83.6 Å². The van der Waals surface area contributed by atoms with E-state index in [0.29, 0.717) is 28.4 Å². The molecule has 0 aliphatic rings. The van der Waals surface area contributed by atoms with Crippen LogP contribution in [0.4, 0.5) is 20.7 Å². The van der Waals surface area contributed by atoms with E-state index >= 15 is 0 Å². The van der Waals surface area contributed by atoms with E-state index in [1.807, 2.05) is 11.6 Å². The number of nitrogens with zero attached hydrogens (tertiary/aromatic N) is 5. The number of halogens is 1. The van der Waals surface area contributed by atoms with Crippen LogP contribution in [0.5, 0.6) is 0 Å². The minimum atomic E-state index is -0.906. The van der Waals surface area contributed by atoms with Crippen molar-refractivity contribution in [2.75, 3.05) is 30.5 Å². The summed E-state index contributed by atoms with van der Waals surface area (Å²) in [7, 11) is 3.13. The fraction of sp³-hybridized carbons (Fsp3) is 0.241. The molecule has 2 aromatic carbocycles. The Bertz CT molecular complexity index is 1640. The Hall–Kier alpha value is -5.33. The summed E-state index contributed by atoms with van der Waals surface area (Å²) < 4.78 is 25.7. The summed E-state index contributed by atoms with van der Waals surface area (Å²) in [6, 6.07) is 14.5. The second-order valence-corrected chi connectivity index (χ2v) is 9.01. The number of pyridine rings is 1. The van der Waals surface area contributed by atoms with Crippen molar-refractivity contribution < 1.29 is 28.2 Å². The number of amides is 2. The van der Waals surface area contributed by atoms with Gasteiger partial charge in [0.2, 0.25) is 0 Å². The lowest BCUT2D eigenvalue weighted by Crippen LogP contribution is -2.33. The second kappa shape index (κ2) is 13.4. The summed E-state index contributed by atoms with van der Waals surface area (Å²) in [5.41, 5.74) is 8.03. The monoisotopic (exact) mass is 575 g/mol. The zero-order valence-corrected chi connectivity index (χ0v) is 23.3. The summed E-state index contributed by atoms with van der Waals surface area (Å²) in [4.78, 5) is 50.9. The van der Waals surface area contributed by atoms with Gasteiger partial charge in [-0.1, -0.05) is 6.07 Å². The van der Waals surface area contributed by atoms with Crippen LogP contribution in [0.2, 0.25) is 0 Å². The Labute approximate surface area is 241 Å². The number of carbonyl (C=O) groups is 3. The summed E-state index contributed by atoms with van der Waals surface area (Å²) in [6.07, 6.45) is 0.670. The van der Waals surface area contributed by atoms with Crippen molar-refractivity contribution >= 4 is 46.3 Å². The van der Waals surface area contributed by atoms with E-state index in [4.69, 9.17) is 15.2 Å². The van der Waals surface area contributed by atoms with Crippen LogP contribution >= 0.6 is 0 Å². The third-order valence-electron chi connectivity index (χ3n) is 6.33. The van der Waals surface area contributed by atoms with Crippen LogP contribution in [-0.2, 0) is 27.9 Å². The lowest BCUT2D eigenvalue weighted by atomic mass is 10.1. The molecule has 0 bridgehead atoms. The summed E-state index contributed by atoms with van der Waals surface area (Å²) >= 11 is 0. The number of fused-ring (bicyclic) bond motifs is 1. The van der Waals surface area contributed by atoms with E-state index in [1.54, 1.807) is 49.5 Å². The third-order valence-corrected chi connectivity index (χ3v) is 6.33. The van der Waals surface area contributed by atoms with Gasteiger partial charge >= 0.3 is 12.1 Å². The van der Waals surface area contributed by atoms with Crippen molar-refractivity contribution in [2.24, 2.45) is 17.8 Å². The van der Waals surface area contributed by atoms with Crippen LogP contribution in [0, 0.1) is 5.82 Å². The van der Waals surface area contributed by atoms with Gasteiger partial charge in [0, 0.05) is 31.0 Å². The number of nitrogens with two attached hydrogens (primary N) is 1. The van der Waals surface area contributed by atoms with Gasteiger partial charge in [0.15, 0.2) is 0 Å². The lowest BCUT2D eigenvalue weighted by molar-refractivity contribution is -0.140. The highest BCUT2D eigenvalue weighted by atomic mass is 19.1. The number of aromatic nitrogens is 3. The Morgan fingerprint density at radius 1 is 1.14 bits per heavy atom. The van der Waals surface area contributed by atoms with Gasteiger partial charge in [-0.2, -0.15) is 4.99 Å². The molecule has 42 heavy (non-hydrogen) atoms. The maximum Gasteiger partial charge on any atom is 0.435 e. The molecular formula is C29H30FN7O5. The number of ether oxygens (including phenoxy) is 2. The second-order valence-electron chi connectivity index (χ2n) is 9.01. The first-order valence-corrected chi connectivity index (χ1v) is 13.0. The molecular weight excluding hydrogens is 545 g/mol. The molecule has 2 heterocycles. The smallest absolute Gasteiger partial charge is 0.435 e. The molecule has 12 nitrogen and oxygen atoms in total. The Morgan fingerprint density at radius 2 is 1.95 bits per heavy atom. The first-order chi connectivity index (χ1) is 20.2. The van der Waals surface area contributed by atoms with Gasteiger partial charge in [-0.25, -0.2) is 19.2 Å². The Kier molecular flexibility index (Phi) is 9.42. The maximum absolute atomic E-state index is 14.4. The number of benzene rings is 2. The number of nitrogens with one attached hydrogen (secondary N) is 1. The van der Waals surface area contributed by atoms with Crippen molar-refractivity contribution in [3.63, 3.8) is 0 Å². The molecule has 0 saturated carbocycles. The molecule has 0 spiro atoms. The number of amidine groups is 1. The topological polar surface area (TPSA) is 154 Å². The molecule has 2 amide bonds. The third kappa shape index (κ3) is 6.86. The highest BCUT2D eigenvalue weighted by Crippen LogP contribution is 2.22. The van der Waals surface area contributed by atoms with Gasteiger partial charge < -0.3 is 25.1 Å². The zero-order chi connectivity index (χ0) is 30.2. The quantitative estimate of drug-likeness (QED) is 0.163. The van der Waals surface area contributed by atoms with E-state index in [-0.39, 0.29) is 43.4 Å². The molecule has 13 heteroatoms. The molecule has 0 fully saturated rings. The summed E-state index contributed by atoms with van der Waals surface area (Å²) in [5.74, 6) is -0.683. The number of imidazole rings is 1. The van der Waals surface area contributed by atoms with E-state index in [1.165, 1.54) is 30.2 Å². The summed E-state index contributed by atoms with van der Waals surface area (Å²) in [6.45, 7) is 2.09. The first-order valence-electron chi connectivity index (χ1n) is 13.0. The number of carbonyl (C=O) groups excluding carboxylic acids is 3. The minimum Gasteiger partial charge on any atom is -0.469 e. The highest BCUT2D eigenvalue weighted by Gasteiger charge is 2.21. The average Bonchev–Trinajstić information content (AvgIpc) is 3.31. The van der Waals surface area contributed by atoms with Crippen molar-refractivity contribution in [1.82, 2.24) is 14.5 Å². The van der Waals surface area contributed by atoms with Gasteiger partial charge in [-0.05, 0) is 55.5 Å². The molecule has 0 unspecified atom stereocenters. The van der Waals surface area contributed by atoms with Crippen LogP contribution in [0.1, 0.15) is 35.1 Å². The summed E-state index contributed by atoms with van der Waals surface area (Å²) in [5, 5.41) is 3.17. The maximum atomic E-state index is 14.4. The predicted octanol–water partition coefficient (Wildman–Crippen LogP) is 3.79. The molecule has 218 valence electrons. The number of aliphatic imine (C=N–C) groups is 1. The molecule has 0 aliphatic carbocycles. The molecule has 2 aromatic heterocycles. The lowest BCUT2D eigenvalue weighted by Gasteiger charge is -2.21. The molecule has 0 radical (unpaired) electrons. The predicted molar refractivity (Wildman–Crippen MR) is 155 cm³/mol. The molecule has 0 saturated heterocycles. The SMILES string of the molecule is CCOC(=O)/N=C(\N)c1cc(NCc2nc3cc(C(=O)N(CCC(=O)OC)c4ccccn4)ccc3n2C)ccc1F. The van der Waals surface area contributed by atoms with Crippen LogP contribution in [-0.4, -0.2) is 58.6 Å². The standard InChI is InChI=1S/C29H30FN7O5/c1-4-42-29(40)35-27(31)20-16-19(9-10-21(20)30)33-17-25-34-22-15-18(8-11-23(22)36(25)2)28(39)37(14-12-26(38)41-3)24-7-5-6-13-32-24/h5-11,13,15-16,33H,4,12,14,17H2,1-3H3,(H2,31,35,40). The van der Waals surface area contributed by atoms with Crippen molar-refractivity contribution in [2.45, 2.75) is 19.9 Å². The van der Waals surface area contributed by atoms with E-state index in [9.17, 15) is 18.8 Å². The van der Waals surface area contributed by atoms with Gasteiger partial charge in [-0.3, -0.25) is 14.5 Å². The fourth-order valence-electron chi connectivity index (χ4n) is 4.16. The largest absolute Gasteiger partial charge is 0.469 e. The van der Waals surface area contributed by atoms with Crippen molar-refractivity contribution in [3.8, 4) is 0 Å².